The van der Waals surface area contributed by atoms with Gasteiger partial charge in [-0.05, 0) is 42.3 Å². The molecular formula is C22H19ClF2N2O2. The summed E-state index contributed by atoms with van der Waals surface area (Å²) in [6.45, 7) is 1.11. The van der Waals surface area contributed by atoms with Gasteiger partial charge in [0, 0.05) is 24.4 Å². The Labute approximate surface area is 171 Å². The van der Waals surface area contributed by atoms with E-state index >= 15 is 0 Å². The maximum Gasteiger partial charge on any atom is 0.273 e. The van der Waals surface area contributed by atoms with E-state index in [-0.39, 0.29) is 34.5 Å². The quantitative estimate of drug-likeness (QED) is 0.676. The molecule has 1 atom stereocenters. The zero-order chi connectivity index (χ0) is 20.4. The smallest absolute Gasteiger partial charge is 0.273 e. The summed E-state index contributed by atoms with van der Waals surface area (Å²) in [4.78, 5) is 12.7. The van der Waals surface area contributed by atoms with Crippen molar-refractivity contribution < 1.29 is 13.5 Å². The van der Waals surface area contributed by atoms with E-state index in [2.05, 4.69) is 17.4 Å². The normalized spacial score (nSPS) is 15.8. The van der Waals surface area contributed by atoms with Crippen LogP contribution in [-0.2, 0) is 19.6 Å². The number of benzene rings is 2. The van der Waals surface area contributed by atoms with E-state index in [4.69, 9.17) is 16.3 Å². The van der Waals surface area contributed by atoms with Gasteiger partial charge in [-0.15, -0.1) is 0 Å². The van der Waals surface area contributed by atoms with Crippen LogP contribution < -0.4 is 15.6 Å². The summed E-state index contributed by atoms with van der Waals surface area (Å²) >= 11 is 6.22. The van der Waals surface area contributed by atoms with Crippen LogP contribution in [0.3, 0.4) is 0 Å². The van der Waals surface area contributed by atoms with Gasteiger partial charge >= 0.3 is 0 Å². The first-order valence-electron chi connectivity index (χ1n) is 9.30. The van der Waals surface area contributed by atoms with E-state index in [1.165, 1.54) is 21.8 Å². The molecule has 3 aromatic rings. The maximum absolute atomic E-state index is 13.8. The first kappa shape index (κ1) is 19.6. The largest absolute Gasteiger partial charge is 0.487 e. The molecular weight excluding hydrogens is 398 g/mol. The SMILES string of the molecule is O=c1c(Cl)c(OCc2ccc(F)cc2F)ccn1CC1NCCc2ccccc21. The summed E-state index contributed by atoms with van der Waals surface area (Å²) in [6, 6.07) is 13.0. The van der Waals surface area contributed by atoms with Crippen molar-refractivity contribution in [2.45, 2.75) is 25.6 Å². The van der Waals surface area contributed by atoms with Crippen LogP contribution in [0.4, 0.5) is 8.78 Å². The van der Waals surface area contributed by atoms with E-state index in [1.807, 2.05) is 12.1 Å². The molecule has 1 unspecified atom stereocenters. The van der Waals surface area contributed by atoms with Crippen molar-refractivity contribution in [3.05, 3.63) is 98.4 Å². The summed E-state index contributed by atoms with van der Waals surface area (Å²) in [5, 5.41) is 3.37. The van der Waals surface area contributed by atoms with Crippen molar-refractivity contribution in [2.75, 3.05) is 6.54 Å². The Morgan fingerprint density at radius 2 is 2.00 bits per heavy atom. The highest BCUT2D eigenvalue weighted by molar-refractivity contribution is 6.31. The maximum atomic E-state index is 13.8. The zero-order valence-corrected chi connectivity index (χ0v) is 16.3. The highest BCUT2D eigenvalue weighted by Crippen LogP contribution is 2.25. The van der Waals surface area contributed by atoms with Crippen molar-refractivity contribution in [3.63, 3.8) is 0 Å². The number of nitrogens with one attached hydrogen (secondary N) is 1. The molecule has 0 saturated heterocycles. The number of halogens is 3. The van der Waals surface area contributed by atoms with Gasteiger partial charge in [0.15, 0.2) is 0 Å². The molecule has 2 aromatic carbocycles. The number of aromatic nitrogens is 1. The number of hydrogen-bond donors (Lipinski definition) is 1. The van der Waals surface area contributed by atoms with Gasteiger partial charge < -0.3 is 14.6 Å². The second-order valence-corrected chi connectivity index (χ2v) is 7.31. The molecule has 150 valence electrons. The molecule has 0 radical (unpaired) electrons. The molecule has 0 saturated carbocycles. The lowest BCUT2D eigenvalue weighted by atomic mass is 9.94. The van der Waals surface area contributed by atoms with Gasteiger partial charge in [0.1, 0.15) is 29.0 Å². The number of fused-ring (bicyclic) bond motifs is 1. The lowest BCUT2D eigenvalue weighted by Gasteiger charge is -2.27. The van der Waals surface area contributed by atoms with E-state index in [1.54, 1.807) is 12.3 Å². The Balaban J connectivity index is 1.51. The molecule has 29 heavy (non-hydrogen) atoms. The van der Waals surface area contributed by atoms with Crippen LogP contribution in [0.2, 0.25) is 5.02 Å². The lowest BCUT2D eigenvalue weighted by molar-refractivity contribution is 0.298. The second kappa shape index (κ2) is 8.35. The van der Waals surface area contributed by atoms with E-state index in [0.29, 0.717) is 6.54 Å². The predicted molar refractivity (Wildman–Crippen MR) is 107 cm³/mol. The number of hydrogen-bond acceptors (Lipinski definition) is 3. The summed E-state index contributed by atoms with van der Waals surface area (Å²) in [7, 11) is 0. The molecule has 4 nitrogen and oxygen atoms in total. The van der Waals surface area contributed by atoms with Gasteiger partial charge in [-0.3, -0.25) is 4.79 Å². The van der Waals surface area contributed by atoms with Crippen LogP contribution in [0.15, 0.2) is 59.5 Å². The van der Waals surface area contributed by atoms with E-state index in [0.717, 1.165) is 25.1 Å². The van der Waals surface area contributed by atoms with Crippen molar-refractivity contribution in [1.82, 2.24) is 9.88 Å². The summed E-state index contributed by atoms with van der Waals surface area (Å²) in [6.07, 6.45) is 2.57. The van der Waals surface area contributed by atoms with Crippen molar-refractivity contribution in [2.24, 2.45) is 0 Å². The number of nitrogens with zero attached hydrogens (tertiary/aromatic N) is 1. The molecule has 2 heterocycles. The molecule has 7 heteroatoms. The molecule has 0 fully saturated rings. The Hall–Kier alpha value is -2.70. The first-order valence-corrected chi connectivity index (χ1v) is 9.67. The van der Waals surface area contributed by atoms with Gasteiger partial charge in [0.05, 0.1) is 6.04 Å². The summed E-state index contributed by atoms with van der Waals surface area (Å²) in [5.74, 6) is -1.21. The molecule has 1 aliphatic rings. The van der Waals surface area contributed by atoms with Crippen LogP contribution in [0, 0.1) is 11.6 Å². The molecule has 1 aliphatic heterocycles. The Bertz CT molecular complexity index is 1100. The Kier molecular flexibility index (Phi) is 5.65. The highest BCUT2D eigenvalue weighted by Gasteiger charge is 2.21. The monoisotopic (exact) mass is 416 g/mol. The summed E-state index contributed by atoms with van der Waals surface area (Å²) in [5.41, 5.74) is 2.24. The molecule has 1 N–H and O–H groups in total. The third-order valence-corrected chi connectivity index (χ3v) is 5.41. The lowest BCUT2D eigenvalue weighted by Crippen LogP contribution is -2.35. The number of ether oxygens (including phenoxy) is 1. The van der Waals surface area contributed by atoms with Crippen molar-refractivity contribution >= 4 is 11.6 Å². The number of pyridine rings is 1. The van der Waals surface area contributed by atoms with Crippen LogP contribution in [-0.4, -0.2) is 11.1 Å². The van der Waals surface area contributed by atoms with E-state index < -0.39 is 11.6 Å². The molecule has 0 amide bonds. The van der Waals surface area contributed by atoms with Crippen LogP contribution in [0.25, 0.3) is 0 Å². The number of rotatable bonds is 5. The third kappa shape index (κ3) is 4.18. The second-order valence-electron chi connectivity index (χ2n) is 6.93. The minimum atomic E-state index is -0.712. The molecule has 0 spiro atoms. The molecule has 1 aromatic heterocycles. The van der Waals surface area contributed by atoms with Gasteiger partial charge in [-0.1, -0.05) is 35.9 Å². The van der Waals surface area contributed by atoms with Gasteiger partial charge in [0.25, 0.3) is 5.56 Å². The van der Waals surface area contributed by atoms with Crippen LogP contribution >= 0.6 is 11.6 Å². The predicted octanol–water partition coefficient (Wildman–Crippen LogP) is 4.25. The average molecular weight is 417 g/mol. The Morgan fingerprint density at radius 1 is 1.17 bits per heavy atom. The fourth-order valence-corrected chi connectivity index (χ4v) is 3.76. The minimum Gasteiger partial charge on any atom is -0.487 e. The molecule has 0 aliphatic carbocycles. The van der Waals surface area contributed by atoms with E-state index in [9.17, 15) is 13.6 Å². The fraction of sp³-hybridized carbons (Fsp3) is 0.227. The average Bonchev–Trinajstić information content (AvgIpc) is 2.72. The van der Waals surface area contributed by atoms with Crippen LogP contribution in [0.1, 0.15) is 22.7 Å². The van der Waals surface area contributed by atoms with Gasteiger partial charge in [-0.25, -0.2) is 8.78 Å². The molecule has 0 bridgehead atoms. The van der Waals surface area contributed by atoms with Gasteiger partial charge in [-0.2, -0.15) is 0 Å². The third-order valence-electron chi connectivity index (χ3n) is 5.06. The fourth-order valence-electron chi connectivity index (χ4n) is 3.53. The minimum absolute atomic E-state index is 0.00814. The standard InChI is InChI=1S/C22H19ClF2N2O2/c23-21-20(29-13-15-5-6-16(24)11-18(15)25)8-10-27(22(21)28)12-19-17-4-2-1-3-14(17)7-9-26-19/h1-6,8,10-11,19,26H,7,9,12-13H2. The molecule has 4 rings (SSSR count). The Morgan fingerprint density at radius 3 is 2.83 bits per heavy atom. The van der Waals surface area contributed by atoms with Crippen molar-refractivity contribution in [3.8, 4) is 5.75 Å². The highest BCUT2D eigenvalue weighted by atomic mass is 35.5. The van der Waals surface area contributed by atoms with Gasteiger partial charge in [0.2, 0.25) is 0 Å². The first-order chi connectivity index (χ1) is 14.0. The van der Waals surface area contributed by atoms with Crippen LogP contribution in [0.5, 0.6) is 5.75 Å². The summed E-state index contributed by atoms with van der Waals surface area (Å²) < 4.78 is 33.8. The van der Waals surface area contributed by atoms with Crippen molar-refractivity contribution in [1.29, 1.82) is 0 Å². The topological polar surface area (TPSA) is 43.3 Å². The zero-order valence-electron chi connectivity index (χ0n) is 15.5.